The maximum Gasteiger partial charge on any atom is 0.137 e. The molecule has 5 nitrogen and oxygen atoms in total. The van der Waals surface area contributed by atoms with Gasteiger partial charge in [0.2, 0.25) is 0 Å². The maximum atomic E-state index is 5.33. The number of hydrogen-bond acceptors (Lipinski definition) is 4. The third-order valence-corrected chi connectivity index (χ3v) is 10.2. The van der Waals surface area contributed by atoms with Crippen LogP contribution in [0.25, 0.3) is 105 Å². The second-order valence-electron chi connectivity index (χ2n) is 13.1. The molecule has 0 spiro atoms. The monoisotopic (exact) mass is 649 g/mol. The molecular formula is C46H27N5. The van der Waals surface area contributed by atoms with Crippen LogP contribution in [0.1, 0.15) is 0 Å². The van der Waals surface area contributed by atoms with Crippen LogP contribution in [0.5, 0.6) is 0 Å². The molecule has 11 rings (SSSR count). The van der Waals surface area contributed by atoms with Crippen molar-refractivity contribution in [2.45, 2.75) is 0 Å². The van der Waals surface area contributed by atoms with E-state index in [2.05, 4.69) is 126 Å². The van der Waals surface area contributed by atoms with E-state index in [4.69, 9.17) is 19.9 Å². The summed E-state index contributed by atoms with van der Waals surface area (Å²) >= 11 is 0. The molecule has 0 unspecified atom stereocenters. The van der Waals surface area contributed by atoms with Gasteiger partial charge in [-0.3, -0.25) is 9.38 Å². The third-order valence-electron chi connectivity index (χ3n) is 10.2. The fourth-order valence-corrected chi connectivity index (χ4v) is 7.83. The maximum absolute atomic E-state index is 5.33. The van der Waals surface area contributed by atoms with Crippen LogP contribution in [-0.4, -0.2) is 24.3 Å². The van der Waals surface area contributed by atoms with Crippen molar-refractivity contribution < 1.29 is 0 Å². The van der Waals surface area contributed by atoms with Gasteiger partial charge < -0.3 is 0 Å². The second-order valence-corrected chi connectivity index (χ2v) is 13.1. The largest absolute Gasteiger partial charge is 0.299 e. The summed E-state index contributed by atoms with van der Waals surface area (Å²) in [6.07, 6.45) is 3.92. The molecule has 0 aliphatic rings. The first-order chi connectivity index (χ1) is 25.3. The van der Waals surface area contributed by atoms with E-state index in [0.717, 1.165) is 77.6 Å². The molecule has 0 atom stereocenters. The highest BCUT2D eigenvalue weighted by atomic mass is 15.0. The molecule has 5 heteroatoms. The minimum Gasteiger partial charge on any atom is -0.299 e. The zero-order valence-electron chi connectivity index (χ0n) is 27.3. The van der Waals surface area contributed by atoms with Crippen LogP contribution in [0, 0.1) is 0 Å². The second kappa shape index (κ2) is 10.8. The molecule has 236 valence electrons. The van der Waals surface area contributed by atoms with Crippen LogP contribution >= 0.6 is 0 Å². The number of aromatic nitrogens is 5. The Balaban J connectivity index is 1.19. The minimum atomic E-state index is 0.772. The highest BCUT2D eigenvalue weighted by Gasteiger charge is 2.19. The first-order valence-electron chi connectivity index (χ1n) is 17.1. The quantitative estimate of drug-likeness (QED) is 0.179. The summed E-state index contributed by atoms with van der Waals surface area (Å²) < 4.78 is 2.22. The Labute approximate surface area is 292 Å². The molecule has 0 N–H and O–H groups in total. The van der Waals surface area contributed by atoms with Crippen LogP contribution < -0.4 is 0 Å². The summed E-state index contributed by atoms with van der Waals surface area (Å²) in [4.78, 5) is 20.4. The van der Waals surface area contributed by atoms with Crippen molar-refractivity contribution in [3.8, 4) is 33.8 Å². The van der Waals surface area contributed by atoms with Crippen LogP contribution in [0.4, 0.5) is 0 Å². The summed E-state index contributed by atoms with van der Waals surface area (Å²) in [6, 6.07) is 53.3. The average molecular weight is 650 g/mol. The number of benzene rings is 7. The third kappa shape index (κ3) is 4.22. The van der Waals surface area contributed by atoms with E-state index in [1.165, 1.54) is 26.9 Å². The molecule has 0 saturated heterocycles. The predicted octanol–water partition coefficient (Wildman–Crippen LogP) is 11.4. The Hall–Kier alpha value is -6.98. The fourth-order valence-electron chi connectivity index (χ4n) is 7.83. The smallest absolute Gasteiger partial charge is 0.137 e. The molecular weight excluding hydrogens is 623 g/mol. The lowest BCUT2D eigenvalue weighted by Crippen LogP contribution is -1.97. The van der Waals surface area contributed by atoms with E-state index in [-0.39, 0.29) is 0 Å². The topological polar surface area (TPSA) is 56.0 Å². The van der Waals surface area contributed by atoms with Gasteiger partial charge in [0.15, 0.2) is 0 Å². The van der Waals surface area contributed by atoms with Gasteiger partial charge >= 0.3 is 0 Å². The van der Waals surface area contributed by atoms with Gasteiger partial charge in [-0.15, -0.1) is 0 Å². The summed E-state index contributed by atoms with van der Waals surface area (Å²) in [5.41, 5.74) is 10.5. The van der Waals surface area contributed by atoms with E-state index < -0.39 is 0 Å². The first-order valence-corrected chi connectivity index (χ1v) is 17.1. The molecule has 51 heavy (non-hydrogen) atoms. The molecule has 4 aromatic heterocycles. The van der Waals surface area contributed by atoms with Crippen molar-refractivity contribution >= 4 is 70.8 Å². The molecule has 11 aromatic rings. The van der Waals surface area contributed by atoms with Crippen LogP contribution in [0.15, 0.2) is 164 Å². The van der Waals surface area contributed by atoms with E-state index in [0.29, 0.717) is 0 Å². The SMILES string of the molecule is c1ccc(-c2nc3ccc4ccc(-c5ccc6c(c5)c5c7ccccc7ccc5c5nc7ccccn7c65)cc4c3nc2-c2ccccn2)cc1. The van der Waals surface area contributed by atoms with E-state index in [9.17, 15) is 0 Å². The Morgan fingerprint density at radius 2 is 1.18 bits per heavy atom. The lowest BCUT2D eigenvalue weighted by atomic mass is 9.92. The Kier molecular flexibility index (Phi) is 5.89. The van der Waals surface area contributed by atoms with Gasteiger partial charge in [-0.25, -0.2) is 15.0 Å². The van der Waals surface area contributed by atoms with Crippen molar-refractivity contribution in [3.63, 3.8) is 0 Å². The number of hydrogen-bond donors (Lipinski definition) is 0. The van der Waals surface area contributed by atoms with Gasteiger partial charge in [0, 0.05) is 34.1 Å². The van der Waals surface area contributed by atoms with Gasteiger partial charge in [0.05, 0.1) is 33.5 Å². The lowest BCUT2D eigenvalue weighted by molar-refractivity contribution is 1.23. The number of rotatable bonds is 3. The van der Waals surface area contributed by atoms with Gasteiger partial charge in [-0.1, -0.05) is 109 Å². The number of imidazole rings is 1. The minimum absolute atomic E-state index is 0.772. The van der Waals surface area contributed by atoms with Crippen LogP contribution in [0.3, 0.4) is 0 Å². The molecule has 0 aliphatic carbocycles. The number of pyridine rings is 2. The van der Waals surface area contributed by atoms with Gasteiger partial charge in [-0.05, 0) is 80.5 Å². The van der Waals surface area contributed by atoms with E-state index >= 15 is 0 Å². The highest BCUT2D eigenvalue weighted by molar-refractivity contribution is 6.31. The van der Waals surface area contributed by atoms with Crippen molar-refractivity contribution in [2.24, 2.45) is 0 Å². The molecule has 4 heterocycles. The Morgan fingerprint density at radius 3 is 2.08 bits per heavy atom. The first kappa shape index (κ1) is 27.9. The molecule has 0 aliphatic heterocycles. The Bertz CT molecular complexity index is 3190. The van der Waals surface area contributed by atoms with Crippen LogP contribution in [0.2, 0.25) is 0 Å². The molecule has 0 bridgehead atoms. The highest BCUT2D eigenvalue weighted by Crippen LogP contribution is 2.41. The summed E-state index contributed by atoms with van der Waals surface area (Å²) in [5, 5.41) is 9.40. The van der Waals surface area contributed by atoms with E-state index in [1.807, 2.05) is 42.6 Å². The standard InChI is InChI=1S/C46H27N5/c1-2-11-30(12-3-1)42-45(38-14-6-8-24-47-38)50-43-36-26-31(17-16-29(36)20-23-39(43)48-42)32-19-21-34-37(27-32)41-33-13-5-4-10-28(33)18-22-35(41)44-46(34)51-25-9-7-15-40(51)49-44/h1-27H. The van der Waals surface area contributed by atoms with Gasteiger partial charge in [0.1, 0.15) is 11.3 Å². The summed E-state index contributed by atoms with van der Waals surface area (Å²) in [5.74, 6) is 0. The van der Waals surface area contributed by atoms with Crippen molar-refractivity contribution in [3.05, 3.63) is 164 Å². The number of fused-ring (bicyclic) bond motifs is 13. The zero-order valence-corrected chi connectivity index (χ0v) is 27.3. The van der Waals surface area contributed by atoms with Gasteiger partial charge in [-0.2, -0.15) is 0 Å². The average Bonchev–Trinajstić information content (AvgIpc) is 3.60. The summed E-state index contributed by atoms with van der Waals surface area (Å²) in [7, 11) is 0. The fraction of sp³-hybridized carbons (Fsp3) is 0. The normalized spacial score (nSPS) is 11.9. The summed E-state index contributed by atoms with van der Waals surface area (Å²) in [6.45, 7) is 0. The lowest BCUT2D eigenvalue weighted by Gasteiger charge is -2.14. The van der Waals surface area contributed by atoms with Gasteiger partial charge in [0.25, 0.3) is 0 Å². The molecule has 0 saturated carbocycles. The molecule has 0 fully saturated rings. The predicted molar refractivity (Wildman–Crippen MR) is 210 cm³/mol. The molecule has 0 radical (unpaired) electrons. The van der Waals surface area contributed by atoms with Crippen molar-refractivity contribution in [2.75, 3.05) is 0 Å². The van der Waals surface area contributed by atoms with Crippen LogP contribution in [-0.2, 0) is 0 Å². The van der Waals surface area contributed by atoms with E-state index in [1.54, 1.807) is 0 Å². The Morgan fingerprint density at radius 1 is 0.431 bits per heavy atom. The number of nitrogens with zero attached hydrogens (tertiary/aromatic N) is 5. The molecule has 7 aromatic carbocycles. The van der Waals surface area contributed by atoms with Crippen molar-refractivity contribution in [1.82, 2.24) is 24.3 Å². The molecule has 0 amide bonds. The zero-order chi connectivity index (χ0) is 33.5. The van der Waals surface area contributed by atoms with Crippen molar-refractivity contribution in [1.29, 1.82) is 0 Å².